The van der Waals surface area contributed by atoms with Crippen molar-refractivity contribution in [1.29, 1.82) is 0 Å². The molecule has 0 aliphatic rings. The Labute approximate surface area is 137 Å². The molecular formula is C17H25N5O. The molecule has 0 fully saturated rings. The second kappa shape index (κ2) is 7.76. The monoisotopic (exact) mass is 315 g/mol. The molecule has 23 heavy (non-hydrogen) atoms. The van der Waals surface area contributed by atoms with Crippen molar-refractivity contribution in [2.75, 3.05) is 0 Å². The van der Waals surface area contributed by atoms with Crippen LogP contribution in [0.2, 0.25) is 0 Å². The van der Waals surface area contributed by atoms with Gasteiger partial charge in [0.05, 0.1) is 12.6 Å². The highest BCUT2D eigenvalue weighted by Crippen LogP contribution is 2.18. The van der Waals surface area contributed by atoms with Gasteiger partial charge in [-0.25, -0.2) is 4.79 Å². The maximum absolute atomic E-state index is 12.0. The highest BCUT2D eigenvalue weighted by molar-refractivity contribution is 5.74. The van der Waals surface area contributed by atoms with E-state index in [-0.39, 0.29) is 12.1 Å². The smallest absolute Gasteiger partial charge is 0.315 e. The summed E-state index contributed by atoms with van der Waals surface area (Å²) in [7, 11) is 0. The van der Waals surface area contributed by atoms with E-state index in [9.17, 15) is 4.79 Å². The van der Waals surface area contributed by atoms with Crippen LogP contribution >= 0.6 is 0 Å². The number of carbonyl (C=O) groups excluding carboxylic acids is 1. The third kappa shape index (κ3) is 4.55. The average molecular weight is 315 g/mol. The number of rotatable bonds is 6. The molecule has 0 radical (unpaired) electrons. The van der Waals surface area contributed by atoms with Crippen molar-refractivity contribution in [3.8, 4) is 0 Å². The molecular weight excluding hydrogens is 290 g/mol. The van der Waals surface area contributed by atoms with Gasteiger partial charge in [-0.05, 0) is 30.9 Å². The van der Waals surface area contributed by atoms with Gasteiger partial charge in [-0.15, -0.1) is 10.2 Å². The fourth-order valence-electron chi connectivity index (χ4n) is 2.34. The van der Waals surface area contributed by atoms with Gasteiger partial charge in [0, 0.05) is 6.54 Å². The van der Waals surface area contributed by atoms with Gasteiger partial charge in [0.15, 0.2) is 5.82 Å². The lowest BCUT2D eigenvalue weighted by Crippen LogP contribution is -2.37. The van der Waals surface area contributed by atoms with Crippen LogP contribution in [0.3, 0.4) is 0 Å². The van der Waals surface area contributed by atoms with Gasteiger partial charge < -0.3 is 15.2 Å². The SMILES string of the molecule is CCn1cnnc1CNC(=O)NC(C)c1ccc(C(C)C)cc1. The lowest BCUT2D eigenvalue weighted by molar-refractivity contribution is 0.237. The minimum absolute atomic E-state index is 0.0553. The first-order valence-electron chi connectivity index (χ1n) is 8.02. The normalized spacial score (nSPS) is 12.2. The van der Waals surface area contributed by atoms with Crippen molar-refractivity contribution in [3.63, 3.8) is 0 Å². The minimum atomic E-state index is -0.212. The molecule has 2 amide bonds. The molecule has 2 aromatic rings. The number of hydrogen-bond acceptors (Lipinski definition) is 3. The first-order chi connectivity index (χ1) is 11.0. The van der Waals surface area contributed by atoms with Crippen LogP contribution in [0.1, 0.15) is 56.6 Å². The zero-order valence-electron chi connectivity index (χ0n) is 14.2. The van der Waals surface area contributed by atoms with Gasteiger partial charge in [0.25, 0.3) is 0 Å². The highest BCUT2D eigenvalue weighted by Gasteiger charge is 2.11. The Hall–Kier alpha value is -2.37. The molecule has 124 valence electrons. The Bertz CT molecular complexity index is 633. The van der Waals surface area contributed by atoms with E-state index in [2.05, 4.69) is 58.9 Å². The molecule has 0 aliphatic carbocycles. The number of aryl methyl sites for hydroxylation is 1. The quantitative estimate of drug-likeness (QED) is 0.861. The Morgan fingerprint density at radius 1 is 1.17 bits per heavy atom. The molecule has 1 heterocycles. The Balaban J connectivity index is 1.87. The summed E-state index contributed by atoms with van der Waals surface area (Å²) in [5, 5.41) is 13.6. The van der Waals surface area contributed by atoms with Crippen molar-refractivity contribution in [2.24, 2.45) is 0 Å². The van der Waals surface area contributed by atoms with E-state index >= 15 is 0 Å². The van der Waals surface area contributed by atoms with Crippen molar-refractivity contribution in [3.05, 3.63) is 47.5 Å². The summed E-state index contributed by atoms with van der Waals surface area (Å²) in [6.45, 7) is 9.45. The number of amides is 2. The number of nitrogens with zero attached hydrogens (tertiary/aromatic N) is 3. The number of urea groups is 1. The predicted molar refractivity (Wildman–Crippen MR) is 90.0 cm³/mol. The van der Waals surface area contributed by atoms with Gasteiger partial charge in [-0.1, -0.05) is 38.1 Å². The Morgan fingerprint density at radius 2 is 1.83 bits per heavy atom. The first kappa shape index (κ1) is 17.0. The number of nitrogens with one attached hydrogen (secondary N) is 2. The lowest BCUT2D eigenvalue weighted by atomic mass is 10.00. The van der Waals surface area contributed by atoms with Crippen LogP contribution in [0.5, 0.6) is 0 Å². The number of carbonyl (C=O) groups is 1. The molecule has 6 heteroatoms. The maximum atomic E-state index is 12.0. The molecule has 0 spiro atoms. The van der Waals surface area contributed by atoms with Crippen molar-refractivity contribution < 1.29 is 4.79 Å². The first-order valence-corrected chi connectivity index (χ1v) is 8.02. The molecule has 1 unspecified atom stereocenters. The average Bonchev–Trinajstić information content (AvgIpc) is 3.00. The third-order valence-electron chi connectivity index (χ3n) is 3.89. The summed E-state index contributed by atoms with van der Waals surface area (Å²) < 4.78 is 1.90. The molecule has 2 N–H and O–H groups in total. The van der Waals surface area contributed by atoms with E-state index in [4.69, 9.17) is 0 Å². The number of hydrogen-bond donors (Lipinski definition) is 2. The van der Waals surface area contributed by atoms with Crippen molar-refractivity contribution >= 4 is 6.03 Å². The molecule has 2 rings (SSSR count). The summed E-state index contributed by atoms with van der Waals surface area (Å²) in [4.78, 5) is 12.0. The van der Waals surface area contributed by atoms with Gasteiger partial charge in [0.1, 0.15) is 6.33 Å². The predicted octanol–water partition coefficient (Wildman–Crippen LogP) is 2.98. The van der Waals surface area contributed by atoms with Crippen molar-refractivity contribution in [1.82, 2.24) is 25.4 Å². The van der Waals surface area contributed by atoms with E-state index < -0.39 is 0 Å². The van der Waals surface area contributed by atoms with Gasteiger partial charge in [-0.3, -0.25) is 0 Å². The minimum Gasteiger partial charge on any atom is -0.332 e. The standard InChI is InChI=1S/C17H25N5O/c1-5-22-11-19-21-16(22)10-18-17(23)20-13(4)15-8-6-14(7-9-15)12(2)3/h6-9,11-13H,5,10H2,1-4H3,(H2,18,20,23). The van der Waals surface area contributed by atoms with E-state index in [1.54, 1.807) is 6.33 Å². The summed E-state index contributed by atoms with van der Waals surface area (Å²) in [5.74, 6) is 1.25. The van der Waals surface area contributed by atoms with Gasteiger partial charge in [-0.2, -0.15) is 0 Å². The molecule has 0 aliphatic heterocycles. The Morgan fingerprint density at radius 3 is 2.43 bits per heavy atom. The van der Waals surface area contributed by atoms with E-state index in [0.29, 0.717) is 12.5 Å². The maximum Gasteiger partial charge on any atom is 0.315 e. The third-order valence-corrected chi connectivity index (χ3v) is 3.89. The summed E-state index contributed by atoms with van der Waals surface area (Å²) in [5.41, 5.74) is 2.38. The largest absolute Gasteiger partial charge is 0.332 e. The van der Waals surface area contributed by atoms with E-state index in [1.165, 1.54) is 5.56 Å². The molecule has 1 aromatic heterocycles. The zero-order valence-corrected chi connectivity index (χ0v) is 14.2. The fourth-order valence-corrected chi connectivity index (χ4v) is 2.34. The van der Waals surface area contributed by atoms with E-state index in [0.717, 1.165) is 17.9 Å². The molecule has 1 atom stereocenters. The van der Waals surface area contributed by atoms with E-state index in [1.807, 2.05) is 18.4 Å². The van der Waals surface area contributed by atoms with Crippen LogP contribution in [-0.4, -0.2) is 20.8 Å². The lowest BCUT2D eigenvalue weighted by Gasteiger charge is -2.16. The van der Waals surface area contributed by atoms with Gasteiger partial charge >= 0.3 is 6.03 Å². The van der Waals surface area contributed by atoms with Crippen LogP contribution < -0.4 is 10.6 Å². The van der Waals surface area contributed by atoms with Crippen LogP contribution in [0.25, 0.3) is 0 Å². The van der Waals surface area contributed by atoms with Crippen LogP contribution in [0.4, 0.5) is 4.79 Å². The number of benzene rings is 1. The zero-order chi connectivity index (χ0) is 16.8. The second-order valence-corrected chi connectivity index (χ2v) is 5.90. The molecule has 1 aromatic carbocycles. The Kier molecular flexibility index (Phi) is 5.73. The van der Waals surface area contributed by atoms with Crippen molar-refractivity contribution in [2.45, 2.75) is 52.7 Å². The van der Waals surface area contributed by atoms with Crippen LogP contribution in [0, 0.1) is 0 Å². The van der Waals surface area contributed by atoms with Gasteiger partial charge in [0.2, 0.25) is 0 Å². The molecule has 0 saturated heterocycles. The van der Waals surface area contributed by atoms with Crippen LogP contribution in [-0.2, 0) is 13.1 Å². The second-order valence-electron chi connectivity index (χ2n) is 5.90. The topological polar surface area (TPSA) is 71.8 Å². The molecule has 0 saturated carbocycles. The summed E-state index contributed by atoms with van der Waals surface area (Å²) in [6, 6.07) is 8.08. The summed E-state index contributed by atoms with van der Waals surface area (Å²) >= 11 is 0. The number of aromatic nitrogens is 3. The molecule has 0 bridgehead atoms. The highest BCUT2D eigenvalue weighted by atomic mass is 16.2. The molecule has 6 nitrogen and oxygen atoms in total. The fraction of sp³-hybridized carbons (Fsp3) is 0.471. The summed E-state index contributed by atoms with van der Waals surface area (Å²) in [6.07, 6.45) is 1.66. The van der Waals surface area contributed by atoms with Crippen LogP contribution in [0.15, 0.2) is 30.6 Å².